The van der Waals surface area contributed by atoms with E-state index in [0.717, 1.165) is 10.0 Å². The Labute approximate surface area is 108 Å². The Morgan fingerprint density at radius 1 is 1.24 bits per heavy atom. The smallest absolute Gasteiger partial charge is 0.305 e. The molecule has 2 N–H and O–H groups in total. The van der Waals surface area contributed by atoms with E-state index in [1.807, 2.05) is 24.3 Å². The van der Waals surface area contributed by atoms with Gasteiger partial charge in [0.15, 0.2) is 0 Å². The maximum atomic E-state index is 11.4. The average Bonchev–Trinajstić information content (AvgIpc) is 2.27. The standard InChI is InChI=1S/C12H14BrNO3/c13-10-4-2-1-3-9(10)5-6-11(15)14-8-7-12(16)17/h1-4H,5-8H2,(H,14,15)(H,16,17). The Morgan fingerprint density at radius 3 is 2.59 bits per heavy atom. The van der Waals surface area contributed by atoms with E-state index in [4.69, 9.17) is 5.11 Å². The van der Waals surface area contributed by atoms with Crippen LogP contribution < -0.4 is 5.32 Å². The molecule has 1 aromatic carbocycles. The van der Waals surface area contributed by atoms with Crippen molar-refractivity contribution in [2.24, 2.45) is 0 Å². The van der Waals surface area contributed by atoms with Gasteiger partial charge in [-0.05, 0) is 18.1 Å². The molecule has 0 aliphatic heterocycles. The zero-order valence-corrected chi connectivity index (χ0v) is 10.9. The number of hydrogen-bond acceptors (Lipinski definition) is 2. The lowest BCUT2D eigenvalue weighted by Gasteiger charge is -2.05. The summed E-state index contributed by atoms with van der Waals surface area (Å²) in [5.41, 5.74) is 1.07. The maximum absolute atomic E-state index is 11.4. The quantitative estimate of drug-likeness (QED) is 0.844. The SMILES string of the molecule is O=C(O)CCNC(=O)CCc1ccccc1Br. The summed E-state index contributed by atoms with van der Waals surface area (Å²) in [6, 6.07) is 7.72. The van der Waals surface area contributed by atoms with Crippen molar-refractivity contribution in [2.75, 3.05) is 6.54 Å². The number of hydrogen-bond donors (Lipinski definition) is 2. The van der Waals surface area contributed by atoms with Gasteiger partial charge in [0.25, 0.3) is 0 Å². The predicted molar refractivity (Wildman–Crippen MR) is 67.7 cm³/mol. The van der Waals surface area contributed by atoms with Crippen molar-refractivity contribution in [3.63, 3.8) is 0 Å². The molecule has 17 heavy (non-hydrogen) atoms. The highest BCUT2D eigenvalue weighted by molar-refractivity contribution is 9.10. The molecule has 5 heteroatoms. The van der Waals surface area contributed by atoms with Gasteiger partial charge in [0.2, 0.25) is 5.91 Å². The van der Waals surface area contributed by atoms with Crippen LogP contribution in [0.4, 0.5) is 0 Å². The monoisotopic (exact) mass is 299 g/mol. The number of nitrogens with one attached hydrogen (secondary N) is 1. The Kier molecular flexibility index (Phi) is 5.69. The topological polar surface area (TPSA) is 66.4 Å². The van der Waals surface area contributed by atoms with Crippen molar-refractivity contribution in [2.45, 2.75) is 19.3 Å². The van der Waals surface area contributed by atoms with E-state index >= 15 is 0 Å². The first-order valence-electron chi connectivity index (χ1n) is 5.31. The molecule has 1 rings (SSSR count). The number of aliphatic carboxylic acids is 1. The van der Waals surface area contributed by atoms with E-state index in [9.17, 15) is 9.59 Å². The van der Waals surface area contributed by atoms with E-state index < -0.39 is 5.97 Å². The molecule has 1 amide bonds. The minimum Gasteiger partial charge on any atom is -0.481 e. The van der Waals surface area contributed by atoms with Crippen LogP contribution in [0, 0.1) is 0 Å². The van der Waals surface area contributed by atoms with Crippen molar-refractivity contribution < 1.29 is 14.7 Å². The van der Waals surface area contributed by atoms with Gasteiger partial charge in [0.1, 0.15) is 0 Å². The van der Waals surface area contributed by atoms with Crippen LogP contribution in [0.25, 0.3) is 0 Å². The van der Waals surface area contributed by atoms with Gasteiger partial charge >= 0.3 is 5.97 Å². The molecule has 0 heterocycles. The first-order valence-corrected chi connectivity index (χ1v) is 6.11. The van der Waals surface area contributed by atoms with Crippen molar-refractivity contribution in [3.05, 3.63) is 34.3 Å². The lowest BCUT2D eigenvalue weighted by molar-refractivity contribution is -0.136. The van der Waals surface area contributed by atoms with Crippen LogP contribution in [0.3, 0.4) is 0 Å². The first kappa shape index (κ1) is 13.7. The Bertz CT molecular complexity index is 406. The molecule has 0 fully saturated rings. The normalized spacial score (nSPS) is 9.94. The van der Waals surface area contributed by atoms with E-state index in [2.05, 4.69) is 21.2 Å². The van der Waals surface area contributed by atoms with Gasteiger partial charge in [0, 0.05) is 17.4 Å². The first-order chi connectivity index (χ1) is 8.09. The third-order valence-electron chi connectivity index (χ3n) is 2.24. The number of rotatable bonds is 6. The summed E-state index contributed by atoms with van der Waals surface area (Å²) in [6.45, 7) is 0.185. The number of carbonyl (C=O) groups excluding carboxylic acids is 1. The number of benzene rings is 1. The maximum Gasteiger partial charge on any atom is 0.305 e. The molecule has 4 nitrogen and oxygen atoms in total. The van der Waals surface area contributed by atoms with Gasteiger partial charge in [-0.3, -0.25) is 9.59 Å². The third kappa shape index (κ3) is 5.49. The number of amides is 1. The highest BCUT2D eigenvalue weighted by atomic mass is 79.9. The molecule has 0 atom stereocenters. The Balaban J connectivity index is 2.29. The van der Waals surface area contributed by atoms with Crippen LogP contribution in [0.5, 0.6) is 0 Å². The van der Waals surface area contributed by atoms with E-state index in [0.29, 0.717) is 12.8 Å². The fraction of sp³-hybridized carbons (Fsp3) is 0.333. The molecule has 0 radical (unpaired) electrons. The number of carboxylic acids is 1. The molecule has 0 aliphatic carbocycles. The van der Waals surface area contributed by atoms with Crippen LogP contribution in [0.2, 0.25) is 0 Å². The molecule has 0 spiro atoms. The molecular weight excluding hydrogens is 286 g/mol. The molecule has 0 bridgehead atoms. The molecule has 0 unspecified atom stereocenters. The summed E-state index contributed by atoms with van der Waals surface area (Å²) in [5, 5.41) is 11.0. The Hall–Kier alpha value is -1.36. The van der Waals surface area contributed by atoms with Crippen LogP contribution in [0.1, 0.15) is 18.4 Å². The van der Waals surface area contributed by atoms with Crippen LogP contribution in [-0.4, -0.2) is 23.5 Å². The molecule has 0 aromatic heterocycles. The highest BCUT2D eigenvalue weighted by Gasteiger charge is 2.05. The average molecular weight is 300 g/mol. The second-order valence-electron chi connectivity index (χ2n) is 3.59. The van der Waals surface area contributed by atoms with Crippen molar-refractivity contribution in [1.29, 1.82) is 0 Å². The largest absolute Gasteiger partial charge is 0.481 e. The molecule has 0 saturated heterocycles. The minimum absolute atomic E-state index is 0.0409. The summed E-state index contributed by atoms with van der Waals surface area (Å²) in [5.74, 6) is -1.03. The van der Waals surface area contributed by atoms with Gasteiger partial charge in [-0.25, -0.2) is 0 Å². The van der Waals surface area contributed by atoms with Gasteiger partial charge in [0.05, 0.1) is 6.42 Å². The van der Waals surface area contributed by atoms with E-state index in [1.54, 1.807) is 0 Å². The second kappa shape index (κ2) is 7.06. The van der Waals surface area contributed by atoms with Crippen molar-refractivity contribution >= 4 is 27.8 Å². The second-order valence-corrected chi connectivity index (χ2v) is 4.44. The number of halogens is 1. The molecule has 0 aliphatic rings. The molecule has 1 aromatic rings. The summed E-state index contributed by atoms with van der Waals surface area (Å²) >= 11 is 3.41. The van der Waals surface area contributed by atoms with Gasteiger partial charge in [-0.15, -0.1) is 0 Å². The summed E-state index contributed by atoms with van der Waals surface area (Å²) in [4.78, 5) is 21.6. The zero-order chi connectivity index (χ0) is 12.7. The summed E-state index contributed by atoms with van der Waals surface area (Å²) < 4.78 is 0.985. The number of carbonyl (C=O) groups is 2. The summed E-state index contributed by atoms with van der Waals surface area (Å²) in [6.07, 6.45) is 0.962. The van der Waals surface area contributed by atoms with Crippen LogP contribution in [0.15, 0.2) is 28.7 Å². The van der Waals surface area contributed by atoms with Crippen molar-refractivity contribution in [1.82, 2.24) is 5.32 Å². The predicted octanol–water partition coefficient (Wildman–Crippen LogP) is 1.97. The van der Waals surface area contributed by atoms with Gasteiger partial charge in [-0.1, -0.05) is 34.1 Å². The fourth-order valence-corrected chi connectivity index (χ4v) is 1.83. The lowest BCUT2D eigenvalue weighted by atomic mass is 10.1. The van der Waals surface area contributed by atoms with Gasteiger partial charge < -0.3 is 10.4 Å². The highest BCUT2D eigenvalue weighted by Crippen LogP contribution is 2.17. The molecule has 0 saturated carbocycles. The number of carboxylic acid groups (broad SMARTS) is 1. The van der Waals surface area contributed by atoms with Crippen LogP contribution in [-0.2, 0) is 16.0 Å². The molecular formula is C12H14BrNO3. The van der Waals surface area contributed by atoms with Crippen LogP contribution >= 0.6 is 15.9 Å². The zero-order valence-electron chi connectivity index (χ0n) is 9.28. The van der Waals surface area contributed by atoms with Crippen molar-refractivity contribution in [3.8, 4) is 0 Å². The summed E-state index contributed by atoms with van der Waals surface area (Å²) in [7, 11) is 0. The molecule has 92 valence electrons. The van der Waals surface area contributed by atoms with Gasteiger partial charge in [-0.2, -0.15) is 0 Å². The van der Waals surface area contributed by atoms with E-state index in [1.165, 1.54) is 0 Å². The lowest BCUT2D eigenvalue weighted by Crippen LogP contribution is -2.26. The third-order valence-corrected chi connectivity index (χ3v) is 3.01. The number of aryl methyl sites for hydroxylation is 1. The fourth-order valence-electron chi connectivity index (χ4n) is 1.35. The minimum atomic E-state index is -0.906. The van der Waals surface area contributed by atoms with E-state index in [-0.39, 0.29) is 18.9 Å². The Morgan fingerprint density at radius 2 is 1.94 bits per heavy atom.